The minimum Gasteiger partial charge on any atom is -0.494 e. The summed E-state index contributed by atoms with van der Waals surface area (Å²) in [5, 5.41) is 3.18. The Kier molecular flexibility index (Phi) is 5.51. The maximum absolute atomic E-state index is 12.3. The zero-order valence-electron chi connectivity index (χ0n) is 14.7. The monoisotopic (exact) mass is 366 g/mol. The fraction of sp³-hybridized carbons (Fsp3) is 0.150. The Morgan fingerprint density at radius 2 is 1.81 bits per heavy atom. The van der Waals surface area contributed by atoms with Gasteiger partial charge >= 0.3 is 5.97 Å². The molecule has 27 heavy (non-hydrogen) atoms. The lowest BCUT2D eigenvalue weighted by molar-refractivity contribution is -0.119. The molecule has 138 valence electrons. The van der Waals surface area contributed by atoms with Crippen LogP contribution < -0.4 is 15.6 Å². The van der Waals surface area contributed by atoms with Crippen molar-refractivity contribution in [3.05, 3.63) is 70.5 Å². The number of esters is 1. The minimum atomic E-state index is -0.737. The van der Waals surface area contributed by atoms with Crippen LogP contribution in [0.15, 0.2) is 59.4 Å². The molecule has 1 heterocycles. The van der Waals surface area contributed by atoms with Gasteiger partial charge in [-0.1, -0.05) is 18.2 Å². The number of amides is 1. The number of nitrogens with one attached hydrogen (secondary N) is 2. The number of carbonyl (C=O) groups excluding carboxylic acids is 2. The van der Waals surface area contributed by atoms with Crippen LogP contribution in [0.1, 0.15) is 17.3 Å². The van der Waals surface area contributed by atoms with Gasteiger partial charge in [-0.15, -0.1) is 0 Å². The molecule has 0 spiro atoms. The summed E-state index contributed by atoms with van der Waals surface area (Å²) in [6, 6.07) is 14.9. The number of anilines is 1. The molecule has 0 atom stereocenters. The van der Waals surface area contributed by atoms with Crippen molar-refractivity contribution < 1.29 is 19.1 Å². The first-order valence-electron chi connectivity index (χ1n) is 8.38. The van der Waals surface area contributed by atoms with Crippen LogP contribution >= 0.6 is 0 Å². The number of hydrogen-bond acceptors (Lipinski definition) is 5. The summed E-state index contributed by atoms with van der Waals surface area (Å²) in [4.78, 5) is 38.7. The van der Waals surface area contributed by atoms with Crippen molar-refractivity contribution >= 4 is 28.5 Å². The Morgan fingerprint density at radius 1 is 1.07 bits per heavy atom. The third kappa shape index (κ3) is 4.52. The van der Waals surface area contributed by atoms with E-state index in [1.165, 1.54) is 0 Å². The zero-order chi connectivity index (χ0) is 19.2. The highest BCUT2D eigenvalue weighted by atomic mass is 16.5. The van der Waals surface area contributed by atoms with Crippen LogP contribution in [0.5, 0.6) is 5.75 Å². The van der Waals surface area contributed by atoms with Crippen LogP contribution in [0.2, 0.25) is 0 Å². The molecule has 7 heteroatoms. The van der Waals surface area contributed by atoms with E-state index in [1.54, 1.807) is 48.5 Å². The Bertz CT molecular complexity index is 1020. The van der Waals surface area contributed by atoms with Gasteiger partial charge in [-0.2, -0.15) is 0 Å². The van der Waals surface area contributed by atoms with Gasteiger partial charge in [0.1, 0.15) is 5.75 Å². The van der Waals surface area contributed by atoms with Crippen LogP contribution in [-0.2, 0) is 9.53 Å². The molecule has 0 aliphatic heterocycles. The van der Waals surface area contributed by atoms with Crippen molar-refractivity contribution in [2.75, 3.05) is 18.5 Å². The maximum Gasteiger partial charge on any atom is 0.339 e. The lowest BCUT2D eigenvalue weighted by Crippen LogP contribution is -2.21. The molecule has 0 unspecified atom stereocenters. The second kappa shape index (κ2) is 8.18. The highest BCUT2D eigenvalue weighted by Crippen LogP contribution is 2.17. The van der Waals surface area contributed by atoms with E-state index in [1.807, 2.05) is 6.92 Å². The number of aromatic nitrogens is 1. The number of benzene rings is 2. The fourth-order valence-corrected chi connectivity index (χ4v) is 2.58. The molecule has 0 aliphatic rings. The van der Waals surface area contributed by atoms with Gasteiger partial charge in [-0.25, -0.2) is 4.79 Å². The van der Waals surface area contributed by atoms with E-state index < -0.39 is 24.0 Å². The molecule has 0 bridgehead atoms. The smallest absolute Gasteiger partial charge is 0.339 e. The SMILES string of the molecule is CCOc1ccc(NC(=O)COC(=O)c2cc(=O)[nH]c3ccccc23)cc1. The predicted molar refractivity (Wildman–Crippen MR) is 101 cm³/mol. The molecule has 3 rings (SSSR count). The average Bonchev–Trinajstić information content (AvgIpc) is 2.67. The van der Waals surface area contributed by atoms with Crippen molar-refractivity contribution in [1.82, 2.24) is 4.98 Å². The molecular weight excluding hydrogens is 348 g/mol. The molecule has 1 amide bonds. The summed E-state index contributed by atoms with van der Waals surface area (Å²) in [5.74, 6) is -0.524. The number of rotatable bonds is 6. The van der Waals surface area contributed by atoms with Crippen LogP contribution in [0, 0.1) is 0 Å². The summed E-state index contributed by atoms with van der Waals surface area (Å²) in [7, 11) is 0. The van der Waals surface area contributed by atoms with Gasteiger partial charge in [0.05, 0.1) is 12.2 Å². The van der Waals surface area contributed by atoms with Crippen LogP contribution in [0.25, 0.3) is 10.9 Å². The van der Waals surface area contributed by atoms with Crippen LogP contribution in [-0.4, -0.2) is 30.1 Å². The topological polar surface area (TPSA) is 97.5 Å². The number of carbonyl (C=O) groups is 2. The number of aromatic amines is 1. The predicted octanol–water partition coefficient (Wildman–Crippen LogP) is 2.72. The van der Waals surface area contributed by atoms with Crippen molar-refractivity contribution in [3.8, 4) is 5.75 Å². The third-order valence-electron chi connectivity index (χ3n) is 3.75. The van der Waals surface area contributed by atoms with Gasteiger partial charge in [0.2, 0.25) is 5.56 Å². The van der Waals surface area contributed by atoms with Gasteiger partial charge in [-0.3, -0.25) is 9.59 Å². The molecule has 0 aliphatic carbocycles. The number of pyridine rings is 1. The third-order valence-corrected chi connectivity index (χ3v) is 3.75. The van der Waals surface area contributed by atoms with Crippen LogP contribution in [0.4, 0.5) is 5.69 Å². The Hall–Kier alpha value is -3.61. The molecule has 0 radical (unpaired) electrons. The molecule has 2 N–H and O–H groups in total. The summed E-state index contributed by atoms with van der Waals surface area (Å²) in [6.07, 6.45) is 0. The number of hydrogen-bond donors (Lipinski definition) is 2. The number of H-pyrrole nitrogens is 1. The number of para-hydroxylation sites is 1. The first-order valence-corrected chi connectivity index (χ1v) is 8.38. The summed E-state index contributed by atoms with van der Waals surface area (Å²) in [6.45, 7) is 1.97. The molecular formula is C20H18N2O5. The fourth-order valence-electron chi connectivity index (χ4n) is 2.58. The van der Waals surface area contributed by atoms with Gasteiger partial charge in [0.25, 0.3) is 5.91 Å². The molecule has 2 aromatic carbocycles. The molecule has 3 aromatic rings. The van der Waals surface area contributed by atoms with Gasteiger partial charge in [0.15, 0.2) is 6.61 Å². The highest BCUT2D eigenvalue weighted by Gasteiger charge is 2.15. The lowest BCUT2D eigenvalue weighted by Gasteiger charge is -2.09. The minimum absolute atomic E-state index is 0.114. The quantitative estimate of drug-likeness (QED) is 0.654. The highest BCUT2D eigenvalue weighted by molar-refractivity contribution is 6.04. The summed E-state index contributed by atoms with van der Waals surface area (Å²) >= 11 is 0. The van der Waals surface area contributed by atoms with Gasteiger partial charge < -0.3 is 19.8 Å². The average molecular weight is 366 g/mol. The van der Waals surface area contributed by atoms with E-state index in [9.17, 15) is 14.4 Å². The van der Waals surface area contributed by atoms with Crippen molar-refractivity contribution in [2.45, 2.75) is 6.92 Å². The zero-order valence-corrected chi connectivity index (χ0v) is 14.7. The molecule has 1 aromatic heterocycles. The van der Waals surface area contributed by atoms with Crippen LogP contribution in [0.3, 0.4) is 0 Å². The van der Waals surface area contributed by atoms with Gasteiger partial charge in [-0.05, 0) is 37.3 Å². The second-order valence-corrected chi connectivity index (χ2v) is 5.67. The van der Waals surface area contributed by atoms with Gasteiger partial charge in [0, 0.05) is 22.7 Å². The molecule has 7 nitrogen and oxygen atoms in total. The second-order valence-electron chi connectivity index (χ2n) is 5.67. The standard InChI is InChI=1S/C20H18N2O5/c1-2-26-14-9-7-13(8-10-14)21-19(24)12-27-20(25)16-11-18(23)22-17-6-4-3-5-15(16)17/h3-11H,2,12H2,1H3,(H,21,24)(H,22,23). The van der Waals surface area contributed by atoms with E-state index in [2.05, 4.69) is 10.3 Å². The number of ether oxygens (including phenoxy) is 2. The maximum atomic E-state index is 12.3. The molecule has 0 saturated carbocycles. The van der Waals surface area contributed by atoms with E-state index in [4.69, 9.17) is 9.47 Å². The molecule has 0 fully saturated rings. The summed E-state index contributed by atoms with van der Waals surface area (Å²) < 4.78 is 10.4. The molecule has 0 saturated heterocycles. The normalized spacial score (nSPS) is 10.4. The Morgan fingerprint density at radius 3 is 2.56 bits per heavy atom. The first kappa shape index (κ1) is 18.2. The first-order chi connectivity index (χ1) is 13.1. The van der Waals surface area contributed by atoms with E-state index in [0.29, 0.717) is 28.9 Å². The van der Waals surface area contributed by atoms with Crippen molar-refractivity contribution in [1.29, 1.82) is 0 Å². The van der Waals surface area contributed by atoms with E-state index in [-0.39, 0.29) is 5.56 Å². The van der Waals surface area contributed by atoms with Crippen molar-refractivity contribution in [3.63, 3.8) is 0 Å². The van der Waals surface area contributed by atoms with Crippen molar-refractivity contribution in [2.24, 2.45) is 0 Å². The van der Waals surface area contributed by atoms with E-state index in [0.717, 1.165) is 6.07 Å². The summed E-state index contributed by atoms with van der Waals surface area (Å²) in [5.41, 5.74) is 0.777. The van der Waals surface area contributed by atoms with E-state index >= 15 is 0 Å². The largest absolute Gasteiger partial charge is 0.494 e. The Labute approximate surface area is 154 Å². The Balaban J connectivity index is 1.64. The lowest BCUT2D eigenvalue weighted by atomic mass is 10.1. The number of fused-ring (bicyclic) bond motifs is 1.